The maximum Gasteiger partial charge on any atom is 0.137 e. The molecule has 1 aliphatic carbocycles. The zero-order valence-electron chi connectivity index (χ0n) is 9.62. The van der Waals surface area contributed by atoms with Crippen LogP contribution in [0.3, 0.4) is 0 Å². The molecule has 2 heteroatoms. The third kappa shape index (κ3) is 3.41. The minimum Gasteiger partial charge on any atom is -0.328 e. The van der Waals surface area contributed by atoms with E-state index in [1.54, 1.807) is 0 Å². The van der Waals surface area contributed by atoms with E-state index < -0.39 is 0 Å². The Bertz CT molecular complexity index is 190. The van der Waals surface area contributed by atoms with Gasteiger partial charge in [-0.25, -0.2) is 0 Å². The molecule has 82 valence electrons. The fourth-order valence-corrected chi connectivity index (χ4v) is 2.69. The van der Waals surface area contributed by atoms with Gasteiger partial charge in [0.2, 0.25) is 0 Å². The molecule has 0 radical (unpaired) electrons. The Morgan fingerprint density at radius 2 is 1.79 bits per heavy atom. The molecule has 3 atom stereocenters. The maximum absolute atomic E-state index is 11.8. The normalized spacial score (nSPS) is 35.3. The van der Waals surface area contributed by atoms with Gasteiger partial charge in [0.05, 0.1) is 0 Å². The highest BCUT2D eigenvalue weighted by atomic mass is 16.1. The lowest BCUT2D eigenvalue weighted by Gasteiger charge is -2.30. The zero-order valence-corrected chi connectivity index (χ0v) is 9.62. The molecule has 14 heavy (non-hydrogen) atoms. The third-order valence-corrected chi connectivity index (χ3v) is 3.16. The zero-order chi connectivity index (χ0) is 10.7. The number of hydrogen-bond acceptors (Lipinski definition) is 2. The first-order valence-corrected chi connectivity index (χ1v) is 5.77. The van der Waals surface area contributed by atoms with Crippen molar-refractivity contribution in [3.8, 4) is 0 Å². The molecule has 0 bridgehead atoms. The van der Waals surface area contributed by atoms with Crippen LogP contribution in [-0.4, -0.2) is 11.8 Å². The molecule has 0 aromatic carbocycles. The molecule has 1 fully saturated rings. The van der Waals surface area contributed by atoms with Gasteiger partial charge in [-0.1, -0.05) is 13.8 Å². The first-order chi connectivity index (χ1) is 6.49. The van der Waals surface area contributed by atoms with E-state index in [1.165, 1.54) is 6.42 Å². The Kier molecular flexibility index (Phi) is 4.11. The van der Waals surface area contributed by atoms with Crippen LogP contribution >= 0.6 is 0 Å². The van der Waals surface area contributed by atoms with E-state index in [-0.39, 0.29) is 6.04 Å². The molecule has 0 heterocycles. The monoisotopic (exact) mass is 197 g/mol. The highest BCUT2D eigenvalue weighted by Gasteiger charge is 2.28. The Hall–Kier alpha value is -0.370. The van der Waals surface area contributed by atoms with Crippen molar-refractivity contribution >= 4 is 5.78 Å². The predicted molar refractivity (Wildman–Crippen MR) is 58.9 cm³/mol. The molecular weight excluding hydrogens is 174 g/mol. The van der Waals surface area contributed by atoms with Crippen LogP contribution in [0.5, 0.6) is 0 Å². The summed E-state index contributed by atoms with van der Waals surface area (Å²) in [7, 11) is 0. The van der Waals surface area contributed by atoms with Crippen LogP contribution in [0.2, 0.25) is 0 Å². The SMILES string of the molecule is CC(N)CC(=O)C1CC(C)CC(C)C1. The number of carbonyl (C=O) groups excluding carboxylic acids is 1. The molecule has 0 spiro atoms. The maximum atomic E-state index is 11.8. The Labute approximate surface area is 87.2 Å². The van der Waals surface area contributed by atoms with Gasteiger partial charge < -0.3 is 5.73 Å². The standard InChI is InChI=1S/C12H23NO/c1-8-4-9(2)6-11(5-8)12(14)7-10(3)13/h8-11H,4-7,13H2,1-3H3. The van der Waals surface area contributed by atoms with Crippen molar-refractivity contribution in [1.29, 1.82) is 0 Å². The van der Waals surface area contributed by atoms with E-state index in [4.69, 9.17) is 5.73 Å². The second-order valence-corrected chi connectivity index (χ2v) is 5.26. The van der Waals surface area contributed by atoms with Gasteiger partial charge in [-0.2, -0.15) is 0 Å². The highest BCUT2D eigenvalue weighted by molar-refractivity contribution is 5.81. The summed E-state index contributed by atoms with van der Waals surface area (Å²) in [5.41, 5.74) is 5.65. The molecule has 0 saturated heterocycles. The Balaban J connectivity index is 2.46. The summed E-state index contributed by atoms with van der Waals surface area (Å²) in [5.74, 6) is 2.10. The molecule has 2 nitrogen and oxygen atoms in total. The van der Waals surface area contributed by atoms with Gasteiger partial charge in [-0.05, 0) is 38.0 Å². The lowest BCUT2D eigenvalue weighted by atomic mass is 9.74. The summed E-state index contributed by atoms with van der Waals surface area (Å²) >= 11 is 0. The number of ketones is 1. The lowest BCUT2D eigenvalue weighted by molar-refractivity contribution is -0.125. The van der Waals surface area contributed by atoms with Gasteiger partial charge in [0, 0.05) is 18.4 Å². The van der Waals surface area contributed by atoms with Gasteiger partial charge in [-0.15, -0.1) is 0 Å². The van der Waals surface area contributed by atoms with Gasteiger partial charge in [0.1, 0.15) is 5.78 Å². The number of nitrogens with two attached hydrogens (primary N) is 1. The highest BCUT2D eigenvalue weighted by Crippen LogP contribution is 2.33. The number of hydrogen-bond donors (Lipinski definition) is 1. The average Bonchev–Trinajstić information content (AvgIpc) is 2.00. The van der Waals surface area contributed by atoms with Crippen LogP contribution in [0.15, 0.2) is 0 Å². The summed E-state index contributed by atoms with van der Waals surface area (Å²) in [6, 6.07) is 0.0232. The Morgan fingerprint density at radius 3 is 2.21 bits per heavy atom. The molecule has 1 rings (SSSR count). The van der Waals surface area contributed by atoms with Crippen molar-refractivity contribution in [2.75, 3.05) is 0 Å². The number of carbonyl (C=O) groups is 1. The Morgan fingerprint density at radius 1 is 1.29 bits per heavy atom. The summed E-state index contributed by atoms with van der Waals surface area (Å²) in [6.07, 6.45) is 4.00. The molecule has 0 aromatic rings. The molecule has 3 unspecified atom stereocenters. The minimum atomic E-state index is 0.0232. The van der Waals surface area contributed by atoms with E-state index >= 15 is 0 Å². The largest absolute Gasteiger partial charge is 0.328 e. The molecule has 1 aliphatic rings. The quantitative estimate of drug-likeness (QED) is 0.754. The van der Waals surface area contributed by atoms with Gasteiger partial charge >= 0.3 is 0 Å². The molecular formula is C12H23NO. The second-order valence-electron chi connectivity index (χ2n) is 5.26. The van der Waals surface area contributed by atoms with Crippen LogP contribution < -0.4 is 5.73 Å². The topological polar surface area (TPSA) is 43.1 Å². The summed E-state index contributed by atoms with van der Waals surface area (Å²) in [4.78, 5) is 11.8. The minimum absolute atomic E-state index is 0.0232. The van der Waals surface area contributed by atoms with Crippen LogP contribution in [0.4, 0.5) is 0 Å². The summed E-state index contributed by atoms with van der Waals surface area (Å²) < 4.78 is 0. The third-order valence-electron chi connectivity index (χ3n) is 3.16. The summed E-state index contributed by atoms with van der Waals surface area (Å²) in [5, 5.41) is 0. The van der Waals surface area contributed by atoms with Crippen molar-refractivity contribution in [2.24, 2.45) is 23.5 Å². The van der Waals surface area contributed by atoms with Crippen molar-refractivity contribution in [2.45, 2.75) is 52.5 Å². The van der Waals surface area contributed by atoms with Gasteiger partial charge in [0.25, 0.3) is 0 Å². The van der Waals surface area contributed by atoms with E-state index in [0.717, 1.165) is 12.8 Å². The van der Waals surface area contributed by atoms with Crippen molar-refractivity contribution in [3.05, 3.63) is 0 Å². The molecule has 2 N–H and O–H groups in total. The summed E-state index contributed by atoms with van der Waals surface area (Å²) in [6.45, 7) is 6.41. The first-order valence-electron chi connectivity index (χ1n) is 5.77. The van der Waals surface area contributed by atoms with Gasteiger partial charge in [-0.3, -0.25) is 4.79 Å². The van der Waals surface area contributed by atoms with Gasteiger partial charge in [0.15, 0.2) is 0 Å². The molecule has 0 aliphatic heterocycles. The predicted octanol–water partition coefficient (Wildman–Crippen LogP) is 2.37. The van der Waals surface area contributed by atoms with Crippen LogP contribution in [0.1, 0.15) is 46.5 Å². The fourth-order valence-electron chi connectivity index (χ4n) is 2.69. The fraction of sp³-hybridized carbons (Fsp3) is 0.917. The molecule has 0 aromatic heterocycles. The van der Waals surface area contributed by atoms with Crippen LogP contribution in [-0.2, 0) is 4.79 Å². The van der Waals surface area contributed by atoms with E-state index in [0.29, 0.717) is 30.0 Å². The van der Waals surface area contributed by atoms with Crippen LogP contribution in [0.25, 0.3) is 0 Å². The number of rotatable bonds is 3. The van der Waals surface area contributed by atoms with Crippen molar-refractivity contribution < 1.29 is 4.79 Å². The van der Waals surface area contributed by atoms with E-state index in [2.05, 4.69) is 13.8 Å². The van der Waals surface area contributed by atoms with E-state index in [1.807, 2.05) is 6.92 Å². The first kappa shape index (κ1) is 11.7. The smallest absolute Gasteiger partial charge is 0.137 e. The second kappa shape index (κ2) is 4.92. The average molecular weight is 197 g/mol. The van der Waals surface area contributed by atoms with E-state index in [9.17, 15) is 4.79 Å². The molecule has 1 saturated carbocycles. The lowest BCUT2D eigenvalue weighted by Crippen LogP contribution is -2.30. The van der Waals surface area contributed by atoms with Crippen molar-refractivity contribution in [1.82, 2.24) is 0 Å². The van der Waals surface area contributed by atoms with Crippen molar-refractivity contribution in [3.63, 3.8) is 0 Å². The number of Topliss-reactive ketones (excluding diaryl/α,β-unsaturated/α-hetero) is 1. The van der Waals surface area contributed by atoms with Crippen LogP contribution in [0, 0.1) is 17.8 Å². The molecule has 0 amide bonds.